The molecule has 238 valence electrons. The van der Waals surface area contributed by atoms with Crippen molar-refractivity contribution >= 4 is 26.2 Å². The van der Waals surface area contributed by atoms with Crippen molar-refractivity contribution in [3.8, 4) is 11.5 Å². The molecule has 2 aliphatic rings. The lowest BCUT2D eigenvalue weighted by atomic mass is 9.70. The Bertz CT molecular complexity index is 1570. The average molecular weight is 639 g/mol. The maximum Gasteiger partial charge on any atom is 0.278 e. The summed E-state index contributed by atoms with van der Waals surface area (Å²) in [5.74, 6) is 1.09. The van der Waals surface area contributed by atoms with Crippen molar-refractivity contribution in [1.29, 1.82) is 0 Å². The topological polar surface area (TPSA) is 78.9 Å². The number of rotatable bonds is 9. The third-order valence-electron chi connectivity index (χ3n) is 8.97. The van der Waals surface area contributed by atoms with Gasteiger partial charge in [-0.15, -0.1) is 0 Å². The van der Waals surface area contributed by atoms with E-state index in [-0.39, 0.29) is 17.5 Å². The fourth-order valence-corrected chi connectivity index (χ4v) is 13.0. The number of ether oxygens (including phenoxy) is 2. The molecule has 2 saturated carbocycles. The third-order valence-corrected chi connectivity index (χ3v) is 14.2. The van der Waals surface area contributed by atoms with E-state index in [4.69, 9.17) is 13.1 Å². The van der Waals surface area contributed by atoms with Gasteiger partial charge in [0.05, 0.1) is 11.2 Å². The minimum absolute atomic E-state index is 0.0346. The van der Waals surface area contributed by atoms with E-state index in [9.17, 15) is 13.2 Å². The van der Waals surface area contributed by atoms with E-state index in [2.05, 4.69) is 0 Å². The summed E-state index contributed by atoms with van der Waals surface area (Å²) in [6, 6.07) is 24.6. The first-order valence-corrected chi connectivity index (χ1v) is 18.4. The van der Waals surface area contributed by atoms with E-state index in [1.165, 1.54) is 0 Å². The van der Waals surface area contributed by atoms with Crippen molar-refractivity contribution in [3.63, 3.8) is 0 Å². The smallest absolute Gasteiger partial charge is 0.278 e. The average Bonchev–Trinajstić information content (AvgIpc) is 3.25. The molecular formula is C36H46O6S2. The molecule has 2 bridgehead atoms. The van der Waals surface area contributed by atoms with E-state index in [0.29, 0.717) is 39.0 Å². The fraction of sp³-hybridized carbons (Fsp3) is 0.472. The van der Waals surface area contributed by atoms with Crippen LogP contribution in [0.15, 0.2) is 93.5 Å². The number of Topliss-reactive ketones (excluding diaryl/α,β-unsaturated/α-hetero) is 1. The molecule has 8 heteroatoms. The second kappa shape index (κ2) is 11.2. The predicted octanol–water partition coefficient (Wildman–Crippen LogP) is 8.98. The molecule has 44 heavy (non-hydrogen) atoms. The first kappa shape index (κ1) is 32.6. The Kier molecular flexibility index (Phi) is 8.30. The molecule has 0 heterocycles. The highest BCUT2D eigenvalue weighted by molar-refractivity contribution is 8.33. The maximum absolute atomic E-state index is 14.5. The van der Waals surface area contributed by atoms with Gasteiger partial charge in [0.25, 0.3) is 10.1 Å². The van der Waals surface area contributed by atoms with Crippen LogP contribution in [0.2, 0.25) is 0 Å². The first-order chi connectivity index (χ1) is 20.4. The van der Waals surface area contributed by atoms with Crippen LogP contribution in [0.3, 0.4) is 0 Å². The zero-order valence-corrected chi connectivity index (χ0v) is 28.8. The molecule has 0 radical (unpaired) electrons. The van der Waals surface area contributed by atoms with Gasteiger partial charge in [0.15, 0.2) is 0 Å². The normalized spacial score (nSPS) is 22.2. The summed E-state index contributed by atoms with van der Waals surface area (Å²) >= 11 is 0. The van der Waals surface area contributed by atoms with Gasteiger partial charge in [-0.05, 0) is 125 Å². The van der Waals surface area contributed by atoms with Gasteiger partial charge >= 0.3 is 0 Å². The first-order valence-electron chi connectivity index (χ1n) is 15.3. The highest BCUT2D eigenvalue weighted by Gasteiger charge is 2.65. The number of fused-ring (bicyclic) bond motifs is 2. The Morgan fingerprint density at radius 3 is 1.68 bits per heavy atom. The van der Waals surface area contributed by atoms with Crippen LogP contribution in [0.25, 0.3) is 0 Å². The van der Waals surface area contributed by atoms with E-state index >= 15 is 0 Å². The van der Waals surface area contributed by atoms with Crippen LogP contribution in [-0.4, -0.2) is 31.2 Å². The SMILES string of the molecule is CC(C)(C)Oc1cccc(S(OS(=O)(=O)CC23CCC(CC2=O)C3(C)C)(c2ccccc2)c2cccc(OC(C)(C)C)c2)c1. The van der Waals surface area contributed by atoms with Crippen molar-refractivity contribution in [3.05, 3.63) is 78.9 Å². The van der Waals surface area contributed by atoms with Gasteiger partial charge < -0.3 is 9.47 Å². The van der Waals surface area contributed by atoms with Gasteiger partial charge in [0, 0.05) is 21.1 Å². The van der Waals surface area contributed by atoms with Crippen LogP contribution in [0.4, 0.5) is 0 Å². The summed E-state index contributed by atoms with van der Waals surface area (Å²) in [6.45, 7) is 15.9. The molecule has 3 aromatic rings. The Hall–Kier alpha value is -2.81. The lowest BCUT2D eigenvalue weighted by Gasteiger charge is -2.42. The zero-order chi connectivity index (χ0) is 32.2. The summed E-state index contributed by atoms with van der Waals surface area (Å²) in [5.41, 5.74) is -2.33. The van der Waals surface area contributed by atoms with Crippen LogP contribution in [-0.2, 0) is 18.5 Å². The van der Waals surface area contributed by atoms with Crippen LogP contribution in [0, 0.1) is 16.7 Å². The Balaban J connectivity index is 1.73. The van der Waals surface area contributed by atoms with Crippen molar-refractivity contribution in [1.82, 2.24) is 0 Å². The molecule has 5 rings (SSSR count). The number of ketones is 1. The predicted molar refractivity (Wildman–Crippen MR) is 176 cm³/mol. The number of carbonyl (C=O) groups is 1. The van der Waals surface area contributed by atoms with Crippen molar-refractivity contribution < 1.29 is 26.3 Å². The van der Waals surface area contributed by atoms with Crippen LogP contribution in [0.1, 0.15) is 74.7 Å². The molecule has 6 nitrogen and oxygen atoms in total. The summed E-state index contributed by atoms with van der Waals surface area (Å²) in [5, 5.41) is 0. The minimum atomic E-state index is -4.28. The minimum Gasteiger partial charge on any atom is -0.488 e. The van der Waals surface area contributed by atoms with Crippen LogP contribution < -0.4 is 9.47 Å². The highest BCUT2D eigenvalue weighted by Crippen LogP contribution is 2.72. The van der Waals surface area contributed by atoms with Gasteiger partial charge in [-0.3, -0.25) is 4.79 Å². The molecule has 2 atom stereocenters. The van der Waals surface area contributed by atoms with E-state index in [0.717, 1.165) is 6.42 Å². The van der Waals surface area contributed by atoms with Gasteiger partial charge in [-0.2, -0.15) is 8.42 Å². The summed E-state index contributed by atoms with van der Waals surface area (Å²) in [4.78, 5) is 15.5. The summed E-state index contributed by atoms with van der Waals surface area (Å²) in [6.07, 6.45) is 1.84. The van der Waals surface area contributed by atoms with Gasteiger partial charge in [-0.1, -0.05) is 44.2 Å². The number of benzene rings is 3. The molecule has 0 saturated heterocycles. The molecule has 0 amide bonds. The molecule has 0 aliphatic heterocycles. The van der Waals surface area contributed by atoms with Gasteiger partial charge in [0.1, 0.15) is 28.5 Å². The molecule has 2 fully saturated rings. The lowest BCUT2D eigenvalue weighted by molar-refractivity contribution is -0.128. The lowest BCUT2D eigenvalue weighted by Crippen LogP contribution is -2.42. The maximum atomic E-state index is 14.5. The zero-order valence-electron chi connectivity index (χ0n) is 27.2. The summed E-state index contributed by atoms with van der Waals surface area (Å²) < 4.78 is 48.3. The summed E-state index contributed by atoms with van der Waals surface area (Å²) in [7, 11) is -7.20. The second-order valence-electron chi connectivity index (χ2n) is 14.7. The molecule has 0 N–H and O–H groups in total. The molecule has 0 spiro atoms. The fourth-order valence-electron chi connectivity index (χ4n) is 6.87. The van der Waals surface area contributed by atoms with Crippen molar-refractivity contribution in [2.75, 3.05) is 5.75 Å². The van der Waals surface area contributed by atoms with Crippen LogP contribution in [0.5, 0.6) is 11.5 Å². The third kappa shape index (κ3) is 6.18. The monoisotopic (exact) mass is 638 g/mol. The largest absolute Gasteiger partial charge is 0.488 e. The Labute approximate surface area is 265 Å². The Morgan fingerprint density at radius 2 is 1.25 bits per heavy atom. The molecule has 2 unspecified atom stereocenters. The number of hydrogen-bond acceptors (Lipinski definition) is 6. The quantitative estimate of drug-likeness (QED) is 0.233. The molecule has 2 aliphatic carbocycles. The van der Waals surface area contributed by atoms with Gasteiger partial charge in [0.2, 0.25) is 0 Å². The second-order valence-corrected chi connectivity index (χ2v) is 19.2. The van der Waals surface area contributed by atoms with E-state index in [1.807, 2.05) is 134 Å². The van der Waals surface area contributed by atoms with E-state index in [1.54, 1.807) is 0 Å². The van der Waals surface area contributed by atoms with Gasteiger partial charge in [-0.25, -0.2) is 3.63 Å². The van der Waals surface area contributed by atoms with Crippen LogP contribution >= 0.6 is 10.3 Å². The number of carbonyl (C=O) groups excluding carboxylic acids is 1. The molecular weight excluding hydrogens is 593 g/mol. The number of hydrogen-bond donors (Lipinski definition) is 0. The van der Waals surface area contributed by atoms with E-state index < -0.39 is 42.5 Å². The van der Waals surface area contributed by atoms with Crippen molar-refractivity contribution in [2.45, 2.75) is 101 Å². The highest BCUT2D eigenvalue weighted by atomic mass is 32.3. The standard InChI is InChI=1S/C36H46O6S2/c1-33(2,3)40-27-14-12-18-30(23-27)44(29-16-10-9-11-17-29,31-19-13-15-28(24-31)41-34(4,5)6)42-43(38,39)25-36-21-20-26(22-32(36)37)35(36,7)8/h9-19,23-24,26H,20-22,25H2,1-8H3. The molecule has 0 aromatic heterocycles. The van der Waals surface area contributed by atoms with Crippen molar-refractivity contribution in [2.24, 2.45) is 16.7 Å². The Morgan fingerprint density at radius 1 is 0.750 bits per heavy atom. The molecule has 3 aromatic carbocycles.